The van der Waals surface area contributed by atoms with E-state index in [2.05, 4.69) is 41.5 Å². The number of hydrogen-bond donors (Lipinski definition) is 3. The number of unbranched alkanes of at least 4 members (excludes halogenated alkanes) is 39. The van der Waals surface area contributed by atoms with E-state index in [4.69, 9.17) is 37.0 Å². The van der Waals surface area contributed by atoms with E-state index >= 15 is 0 Å². The van der Waals surface area contributed by atoms with E-state index in [0.717, 1.165) is 102 Å². The van der Waals surface area contributed by atoms with Gasteiger partial charge in [0.15, 0.2) is 12.2 Å². The number of carbonyl (C=O) groups is 4. The Morgan fingerprint density at radius 2 is 0.517 bits per heavy atom. The van der Waals surface area contributed by atoms with Gasteiger partial charge in [0.2, 0.25) is 0 Å². The van der Waals surface area contributed by atoms with E-state index in [1.165, 1.54) is 173 Å². The summed E-state index contributed by atoms with van der Waals surface area (Å²) in [6, 6.07) is 0. The normalized spacial score (nSPS) is 14.1. The van der Waals surface area contributed by atoms with Crippen LogP contribution in [-0.2, 0) is 65.4 Å². The van der Waals surface area contributed by atoms with Crippen LogP contribution in [0.15, 0.2) is 0 Å². The molecule has 0 spiro atoms. The van der Waals surface area contributed by atoms with E-state index in [0.29, 0.717) is 25.7 Å². The Balaban J connectivity index is 5.23. The second-order valence-corrected chi connectivity index (χ2v) is 29.1. The molecule has 0 saturated heterocycles. The predicted octanol–water partition coefficient (Wildman–Crippen LogP) is 20.0. The maximum Gasteiger partial charge on any atom is 0.472 e. The van der Waals surface area contributed by atoms with E-state index in [-0.39, 0.29) is 25.7 Å². The molecule has 0 heterocycles. The Morgan fingerprint density at radius 1 is 0.303 bits per heavy atom. The lowest BCUT2D eigenvalue weighted by atomic mass is 10.0. The molecule has 0 amide bonds. The summed E-state index contributed by atoms with van der Waals surface area (Å²) in [6.07, 6.45) is 47.1. The van der Waals surface area contributed by atoms with Crippen molar-refractivity contribution in [2.75, 3.05) is 39.6 Å². The summed E-state index contributed by atoms with van der Waals surface area (Å²) in [5.74, 6) is -0.567. The topological polar surface area (TPSA) is 237 Å². The Bertz CT molecular complexity index is 1730. The van der Waals surface area contributed by atoms with Gasteiger partial charge >= 0.3 is 39.5 Å². The molecule has 89 heavy (non-hydrogen) atoms. The molecular weight excluding hydrogens is 1170 g/mol. The van der Waals surface area contributed by atoms with Gasteiger partial charge in [-0.15, -0.1) is 0 Å². The molecule has 528 valence electrons. The van der Waals surface area contributed by atoms with Crippen molar-refractivity contribution in [3.63, 3.8) is 0 Å². The largest absolute Gasteiger partial charge is 0.472 e. The lowest BCUT2D eigenvalue weighted by Crippen LogP contribution is -2.30. The van der Waals surface area contributed by atoms with Gasteiger partial charge in [-0.05, 0) is 37.5 Å². The van der Waals surface area contributed by atoms with Gasteiger partial charge < -0.3 is 33.8 Å². The zero-order valence-corrected chi connectivity index (χ0v) is 59.5. The molecule has 0 aliphatic carbocycles. The fourth-order valence-electron chi connectivity index (χ4n) is 10.6. The van der Waals surface area contributed by atoms with Crippen molar-refractivity contribution >= 4 is 39.5 Å². The van der Waals surface area contributed by atoms with Crippen LogP contribution in [0.2, 0.25) is 0 Å². The van der Waals surface area contributed by atoms with Gasteiger partial charge in [0.05, 0.1) is 26.4 Å². The summed E-state index contributed by atoms with van der Waals surface area (Å²) in [5.41, 5.74) is 0. The van der Waals surface area contributed by atoms with Crippen LogP contribution in [0, 0.1) is 11.8 Å². The smallest absolute Gasteiger partial charge is 0.462 e. The van der Waals surface area contributed by atoms with E-state index < -0.39 is 97.5 Å². The maximum absolute atomic E-state index is 13.0. The SMILES string of the molecule is CCCCCCCCCCCCC(=O)O[C@H](COC(=O)CCCCCCCCCCC)COP(=O)(O)OC[C@H](O)COP(=O)(O)OC[C@@H](COC(=O)CCCCCCCCCCCCCC(C)C)OC(=O)CCCCCCCCCCCCCCCC(C)C. The van der Waals surface area contributed by atoms with Gasteiger partial charge in [0.25, 0.3) is 0 Å². The lowest BCUT2D eigenvalue weighted by Gasteiger charge is -2.21. The van der Waals surface area contributed by atoms with Crippen molar-refractivity contribution in [2.45, 2.75) is 374 Å². The molecule has 0 bridgehead atoms. The van der Waals surface area contributed by atoms with Crippen molar-refractivity contribution in [2.24, 2.45) is 11.8 Å². The summed E-state index contributed by atoms with van der Waals surface area (Å²) in [6.45, 7) is 9.55. The lowest BCUT2D eigenvalue weighted by molar-refractivity contribution is -0.161. The number of esters is 4. The highest BCUT2D eigenvalue weighted by atomic mass is 31.2. The molecule has 5 atom stereocenters. The molecule has 0 aliphatic rings. The molecule has 17 nitrogen and oxygen atoms in total. The molecule has 19 heteroatoms. The minimum atomic E-state index is -4.95. The fraction of sp³-hybridized carbons (Fsp3) is 0.943. The van der Waals surface area contributed by atoms with Gasteiger partial charge in [-0.2, -0.15) is 0 Å². The molecule has 3 N–H and O–H groups in total. The molecule has 0 aliphatic heterocycles. The Hall–Kier alpha value is -1.94. The number of carbonyl (C=O) groups excluding carboxylic acids is 4. The molecule has 0 aromatic rings. The van der Waals surface area contributed by atoms with Crippen LogP contribution in [-0.4, -0.2) is 96.7 Å². The zero-order chi connectivity index (χ0) is 65.7. The minimum Gasteiger partial charge on any atom is -0.462 e. The van der Waals surface area contributed by atoms with Gasteiger partial charge in [-0.3, -0.25) is 37.3 Å². The first-order chi connectivity index (χ1) is 42.9. The quantitative estimate of drug-likeness (QED) is 0.0222. The van der Waals surface area contributed by atoms with Crippen LogP contribution in [0.5, 0.6) is 0 Å². The van der Waals surface area contributed by atoms with E-state index in [1.807, 2.05) is 0 Å². The Kier molecular flexibility index (Phi) is 60.8. The minimum absolute atomic E-state index is 0.106. The third-order valence-corrected chi connectivity index (χ3v) is 18.1. The van der Waals surface area contributed by atoms with Crippen LogP contribution in [0.3, 0.4) is 0 Å². The number of hydrogen-bond acceptors (Lipinski definition) is 15. The molecule has 0 saturated carbocycles. The zero-order valence-electron chi connectivity index (χ0n) is 57.7. The molecule has 0 radical (unpaired) electrons. The molecule has 0 rings (SSSR count). The van der Waals surface area contributed by atoms with Crippen LogP contribution in [0.1, 0.15) is 356 Å². The van der Waals surface area contributed by atoms with Crippen molar-refractivity contribution < 1.29 is 80.2 Å². The van der Waals surface area contributed by atoms with Gasteiger partial charge in [-0.1, -0.05) is 305 Å². The van der Waals surface area contributed by atoms with Crippen LogP contribution >= 0.6 is 15.6 Å². The Morgan fingerprint density at radius 3 is 0.764 bits per heavy atom. The summed E-state index contributed by atoms with van der Waals surface area (Å²) in [5, 5.41) is 10.6. The number of aliphatic hydroxyl groups is 1. The van der Waals surface area contributed by atoms with Crippen LogP contribution < -0.4 is 0 Å². The highest BCUT2D eigenvalue weighted by Crippen LogP contribution is 2.45. The number of aliphatic hydroxyl groups excluding tert-OH is 1. The first kappa shape index (κ1) is 87.1. The van der Waals surface area contributed by atoms with Crippen LogP contribution in [0.25, 0.3) is 0 Å². The predicted molar refractivity (Wildman–Crippen MR) is 358 cm³/mol. The average Bonchev–Trinajstić information content (AvgIpc) is 3.70. The second-order valence-electron chi connectivity index (χ2n) is 26.2. The van der Waals surface area contributed by atoms with Gasteiger partial charge in [-0.25, -0.2) is 9.13 Å². The van der Waals surface area contributed by atoms with Gasteiger partial charge in [0.1, 0.15) is 19.3 Å². The summed E-state index contributed by atoms with van der Waals surface area (Å²) < 4.78 is 68.2. The first-order valence-corrected chi connectivity index (χ1v) is 39.5. The highest BCUT2D eigenvalue weighted by Gasteiger charge is 2.30. The maximum atomic E-state index is 13.0. The highest BCUT2D eigenvalue weighted by molar-refractivity contribution is 7.47. The number of ether oxygens (including phenoxy) is 4. The standard InChI is InChI=1S/C70H136O17P2/c1-7-9-11-13-15-17-29-36-42-48-54-69(74)86-65(58-80-67(72)52-46-40-34-26-16-14-12-10-8-2)60-84-88(76,77)82-56-64(71)57-83-89(78,79)85-61-66(59-81-68(73)53-47-41-35-30-25-21-23-28-33-39-45-51-63(5)6)87-70(75)55-49-43-37-31-24-20-18-19-22-27-32-38-44-50-62(3)4/h62-66,71H,7-61H2,1-6H3,(H,76,77)(H,78,79)/t64-,65+,66+/m0/s1. The summed E-state index contributed by atoms with van der Waals surface area (Å²) in [4.78, 5) is 72.5. The number of phosphoric ester groups is 2. The first-order valence-electron chi connectivity index (χ1n) is 36.5. The van der Waals surface area contributed by atoms with E-state index in [9.17, 15) is 43.2 Å². The monoisotopic (exact) mass is 1310 g/mol. The fourth-order valence-corrected chi connectivity index (χ4v) is 12.2. The van der Waals surface area contributed by atoms with Crippen molar-refractivity contribution in [1.82, 2.24) is 0 Å². The Labute approximate surface area is 543 Å². The molecular formula is C70H136O17P2. The molecule has 0 aromatic carbocycles. The molecule has 2 unspecified atom stereocenters. The molecule has 0 aromatic heterocycles. The third kappa shape index (κ3) is 64.6. The molecule has 0 fully saturated rings. The van der Waals surface area contributed by atoms with Crippen molar-refractivity contribution in [3.05, 3.63) is 0 Å². The van der Waals surface area contributed by atoms with Crippen LogP contribution in [0.4, 0.5) is 0 Å². The van der Waals surface area contributed by atoms with Crippen molar-refractivity contribution in [3.8, 4) is 0 Å². The van der Waals surface area contributed by atoms with Crippen molar-refractivity contribution in [1.29, 1.82) is 0 Å². The van der Waals surface area contributed by atoms with Gasteiger partial charge in [0, 0.05) is 25.7 Å². The summed E-state index contributed by atoms with van der Waals surface area (Å²) >= 11 is 0. The van der Waals surface area contributed by atoms with E-state index in [1.54, 1.807) is 0 Å². The third-order valence-electron chi connectivity index (χ3n) is 16.2. The number of phosphoric acid groups is 2. The number of rotatable bonds is 69. The second kappa shape index (κ2) is 62.2. The summed E-state index contributed by atoms with van der Waals surface area (Å²) in [7, 11) is -9.90. The average molecular weight is 1310 g/mol.